The molecule has 0 aliphatic rings. The van der Waals surface area contributed by atoms with Crippen molar-refractivity contribution in [2.75, 3.05) is 0 Å². The Bertz CT molecular complexity index is 318. The first-order valence-electron chi connectivity index (χ1n) is 3.21. The van der Waals surface area contributed by atoms with E-state index in [4.69, 9.17) is 15.2 Å². The lowest BCUT2D eigenvalue weighted by Crippen LogP contribution is -2.20. The van der Waals surface area contributed by atoms with Crippen LogP contribution in [0.4, 0.5) is 8.78 Å². The van der Waals surface area contributed by atoms with Crippen LogP contribution in [0.3, 0.4) is 0 Å². The first kappa shape index (κ1) is 9.75. The number of phenolic OH excluding ortho intramolecular Hbond substituents is 1. The van der Waals surface area contributed by atoms with Gasteiger partial charge in [-0.15, -0.1) is 0 Å². The third kappa shape index (κ3) is 2.30. The number of hydrogen-bond donors (Lipinski definition) is 3. The molecule has 0 spiro atoms. The molecule has 1 aromatic rings. The van der Waals surface area contributed by atoms with Crippen LogP contribution < -0.4 is 4.65 Å². The van der Waals surface area contributed by atoms with Gasteiger partial charge in [-0.25, -0.2) is 8.78 Å². The zero-order chi connectivity index (χ0) is 10.0. The maximum atomic E-state index is 12.6. The van der Waals surface area contributed by atoms with Crippen molar-refractivity contribution in [3.8, 4) is 11.5 Å². The van der Waals surface area contributed by atoms with Gasteiger partial charge in [-0.2, -0.15) is 0 Å². The Hall–Kier alpha value is -1.34. The molecule has 0 aliphatic heterocycles. The van der Waals surface area contributed by atoms with Crippen LogP contribution in [0.2, 0.25) is 0 Å². The van der Waals surface area contributed by atoms with Crippen molar-refractivity contribution < 1.29 is 28.6 Å². The lowest BCUT2D eigenvalue weighted by molar-refractivity contribution is 0.278. The molecule has 0 heterocycles. The summed E-state index contributed by atoms with van der Waals surface area (Å²) in [5.41, 5.74) is 0. The Balaban J connectivity index is 3.05. The minimum Gasteiger partial charge on any atom is -0.509 e. The molecule has 3 N–H and O–H groups in total. The second kappa shape index (κ2) is 3.59. The van der Waals surface area contributed by atoms with E-state index in [0.717, 1.165) is 0 Å². The maximum Gasteiger partial charge on any atom is 0.707 e. The predicted octanol–water partition coefficient (Wildman–Crippen LogP) is 0.0187. The highest BCUT2D eigenvalue weighted by Gasteiger charge is 2.17. The summed E-state index contributed by atoms with van der Waals surface area (Å²) in [5, 5.41) is 25.5. The monoisotopic (exact) mass is 190 g/mol. The van der Waals surface area contributed by atoms with Gasteiger partial charge in [0.2, 0.25) is 0 Å². The predicted molar refractivity (Wildman–Crippen MR) is 38.8 cm³/mol. The molecule has 0 aliphatic carbocycles. The van der Waals surface area contributed by atoms with Gasteiger partial charge in [0.05, 0.1) is 0 Å². The Labute approximate surface area is 72.2 Å². The molecule has 0 saturated heterocycles. The van der Waals surface area contributed by atoms with Gasteiger partial charge >= 0.3 is 7.32 Å². The molecule has 0 aromatic heterocycles. The summed E-state index contributed by atoms with van der Waals surface area (Å²) in [7, 11) is -2.24. The second-order valence-electron chi connectivity index (χ2n) is 2.18. The van der Waals surface area contributed by atoms with Crippen LogP contribution in [0, 0.1) is 11.6 Å². The van der Waals surface area contributed by atoms with E-state index in [2.05, 4.69) is 4.65 Å². The van der Waals surface area contributed by atoms with Gasteiger partial charge in [0, 0.05) is 12.1 Å². The van der Waals surface area contributed by atoms with Crippen LogP contribution in [-0.4, -0.2) is 22.5 Å². The number of benzene rings is 1. The van der Waals surface area contributed by atoms with Gasteiger partial charge in [-0.3, -0.25) is 0 Å². The third-order valence-electron chi connectivity index (χ3n) is 1.23. The first-order chi connectivity index (χ1) is 6.00. The summed E-state index contributed by atoms with van der Waals surface area (Å²) in [6, 6.07) is 1.06. The van der Waals surface area contributed by atoms with Crippen molar-refractivity contribution in [1.82, 2.24) is 0 Å². The fourth-order valence-electron chi connectivity index (χ4n) is 0.746. The third-order valence-corrected chi connectivity index (χ3v) is 1.23. The molecule has 1 rings (SSSR count). The summed E-state index contributed by atoms with van der Waals surface area (Å²) in [5.74, 6) is -3.89. The van der Waals surface area contributed by atoms with Gasteiger partial charge in [0.1, 0.15) is 5.82 Å². The highest BCUT2D eigenvalue weighted by molar-refractivity contribution is 6.33. The molecule has 70 valence electrons. The number of halogens is 2. The van der Waals surface area contributed by atoms with Crippen LogP contribution >= 0.6 is 0 Å². The summed E-state index contributed by atoms with van der Waals surface area (Å²) in [6.45, 7) is 0. The highest BCUT2D eigenvalue weighted by Crippen LogP contribution is 2.29. The van der Waals surface area contributed by atoms with E-state index in [1.807, 2.05) is 0 Å². The van der Waals surface area contributed by atoms with E-state index in [1.165, 1.54) is 0 Å². The fourth-order valence-corrected chi connectivity index (χ4v) is 0.746. The molecule has 1 aromatic carbocycles. The van der Waals surface area contributed by atoms with E-state index in [1.54, 1.807) is 0 Å². The first-order valence-corrected chi connectivity index (χ1v) is 3.21. The average Bonchev–Trinajstić information content (AvgIpc) is 1.98. The summed E-state index contributed by atoms with van der Waals surface area (Å²) in [4.78, 5) is 0. The van der Waals surface area contributed by atoms with Crippen molar-refractivity contribution in [2.45, 2.75) is 0 Å². The Kier molecular flexibility index (Phi) is 2.69. The number of rotatable bonds is 2. The lowest BCUT2D eigenvalue weighted by atomic mass is 10.2. The Morgan fingerprint density at radius 2 is 1.85 bits per heavy atom. The van der Waals surface area contributed by atoms with Crippen molar-refractivity contribution in [2.24, 2.45) is 0 Å². The topological polar surface area (TPSA) is 69.9 Å². The molecule has 0 bridgehead atoms. The summed E-state index contributed by atoms with van der Waals surface area (Å²) >= 11 is 0. The summed E-state index contributed by atoms with van der Waals surface area (Å²) < 4.78 is 29.1. The molecular weight excluding hydrogens is 185 g/mol. The SMILES string of the molecule is OB(O)Oc1cc(F)cc(F)c1O. The van der Waals surface area contributed by atoms with Crippen LogP contribution in [-0.2, 0) is 0 Å². The van der Waals surface area contributed by atoms with E-state index in [-0.39, 0.29) is 0 Å². The normalized spacial score (nSPS) is 9.85. The van der Waals surface area contributed by atoms with Gasteiger partial charge in [-0.1, -0.05) is 0 Å². The van der Waals surface area contributed by atoms with E-state index >= 15 is 0 Å². The van der Waals surface area contributed by atoms with Crippen molar-refractivity contribution in [3.05, 3.63) is 23.8 Å². The van der Waals surface area contributed by atoms with Gasteiger partial charge in [0.25, 0.3) is 0 Å². The molecule has 4 nitrogen and oxygen atoms in total. The molecule has 0 radical (unpaired) electrons. The van der Waals surface area contributed by atoms with Crippen LogP contribution in [0.1, 0.15) is 0 Å². The number of phenols is 1. The molecule has 0 atom stereocenters. The summed E-state index contributed by atoms with van der Waals surface area (Å²) in [6.07, 6.45) is 0. The van der Waals surface area contributed by atoms with E-state index < -0.39 is 30.5 Å². The standard InChI is InChI=1S/C6H5BF2O4/c8-3-1-4(9)6(10)5(2-3)13-7(11)12/h1-2,10-12H. The highest BCUT2D eigenvalue weighted by atomic mass is 19.1. The number of hydrogen-bond acceptors (Lipinski definition) is 4. The smallest absolute Gasteiger partial charge is 0.509 e. The van der Waals surface area contributed by atoms with Gasteiger partial charge in [-0.05, 0) is 0 Å². The van der Waals surface area contributed by atoms with Crippen LogP contribution in [0.25, 0.3) is 0 Å². The molecule has 0 saturated carbocycles. The molecule has 7 heteroatoms. The fraction of sp³-hybridized carbons (Fsp3) is 0. The van der Waals surface area contributed by atoms with Crippen LogP contribution in [0.15, 0.2) is 12.1 Å². The van der Waals surface area contributed by atoms with Gasteiger partial charge in [0.15, 0.2) is 17.3 Å². The number of aromatic hydroxyl groups is 1. The Morgan fingerprint density at radius 3 is 2.38 bits per heavy atom. The van der Waals surface area contributed by atoms with Crippen LogP contribution in [0.5, 0.6) is 11.5 Å². The molecule has 0 amide bonds. The average molecular weight is 190 g/mol. The largest absolute Gasteiger partial charge is 0.707 e. The Morgan fingerprint density at radius 1 is 1.23 bits per heavy atom. The second-order valence-corrected chi connectivity index (χ2v) is 2.18. The minimum atomic E-state index is -2.24. The van der Waals surface area contributed by atoms with Gasteiger partial charge < -0.3 is 19.8 Å². The van der Waals surface area contributed by atoms with Crippen molar-refractivity contribution >= 4 is 7.32 Å². The zero-order valence-corrected chi connectivity index (χ0v) is 6.24. The lowest BCUT2D eigenvalue weighted by Gasteiger charge is -2.06. The molecule has 13 heavy (non-hydrogen) atoms. The van der Waals surface area contributed by atoms with Crippen molar-refractivity contribution in [3.63, 3.8) is 0 Å². The quantitative estimate of drug-likeness (QED) is 0.574. The zero-order valence-electron chi connectivity index (χ0n) is 6.24. The van der Waals surface area contributed by atoms with Crippen molar-refractivity contribution in [1.29, 1.82) is 0 Å². The molecular formula is C6H5BF2O4. The minimum absolute atomic E-state index is 0.436. The maximum absolute atomic E-state index is 12.6. The van der Waals surface area contributed by atoms with E-state index in [0.29, 0.717) is 12.1 Å². The molecule has 0 unspecified atom stereocenters. The molecule has 0 fully saturated rings. The van der Waals surface area contributed by atoms with E-state index in [9.17, 15) is 8.78 Å².